The van der Waals surface area contributed by atoms with E-state index in [1.165, 1.54) is 6.20 Å². The molecule has 0 bridgehead atoms. The van der Waals surface area contributed by atoms with Crippen LogP contribution < -0.4 is 11.1 Å². The van der Waals surface area contributed by atoms with Crippen molar-refractivity contribution in [1.82, 2.24) is 9.88 Å². The van der Waals surface area contributed by atoms with E-state index in [2.05, 4.69) is 10.3 Å². The first-order valence-corrected chi connectivity index (χ1v) is 7.48. The monoisotopic (exact) mass is 310 g/mol. The first-order valence-electron chi connectivity index (χ1n) is 7.48. The zero-order valence-corrected chi connectivity index (χ0v) is 12.6. The quantitative estimate of drug-likeness (QED) is 0.873. The number of rotatable bonds is 5. The van der Waals surface area contributed by atoms with Gasteiger partial charge in [-0.05, 0) is 24.1 Å². The number of primary amides is 1. The molecule has 1 aromatic carbocycles. The Labute approximate surface area is 134 Å². The summed E-state index contributed by atoms with van der Waals surface area (Å²) in [6.45, 7) is 1.33. The molecule has 2 amide bonds. The average molecular weight is 310 g/mol. The number of benzene rings is 1. The number of pyridine rings is 1. The van der Waals surface area contributed by atoms with Crippen molar-refractivity contribution in [2.75, 3.05) is 11.9 Å². The summed E-state index contributed by atoms with van der Waals surface area (Å²) < 4.78 is 0. The summed E-state index contributed by atoms with van der Waals surface area (Å²) in [6.07, 6.45) is 2.14. The third kappa shape index (κ3) is 3.48. The van der Waals surface area contributed by atoms with E-state index in [4.69, 9.17) is 5.73 Å². The molecule has 1 aromatic heterocycles. The van der Waals surface area contributed by atoms with Crippen molar-refractivity contribution in [3.63, 3.8) is 0 Å². The van der Waals surface area contributed by atoms with Gasteiger partial charge in [0.15, 0.2) is 0 Å². The molecule has 1 unspecified atom stereocenters. The molecule has 2 heterocycles. The highest BCUT2D eigenvalue weighted by Gasteiger charge is 2.31. The fraction of sp³-hybridized carbons (Fsp3) is 0.235. The van der Waals surface area contributed by atoms with Crippen LogP contribution in [0, 0.1) is 0 Å². The van der Waals surface area contributed by atoms with Crippen LogP contribution in [0.4, 0.5) is 5.82 Å². The van der Waals surface area contributed by atoms with E-state index < -0.39 is 5.91 Å². The number of amides is 2. The van der Waals surface area contributed by atoms with Gasteiger partial charge < -0.3 is 16.0 Å². The zero-order chi connectivity index (χ0) is 16.2. The standard InChI is InChI=1S/C17H18N4O2/c18-16(22)13-6-7-15(19-10-13)20-14-8-9-21(17(14)23)11-12-4-2-1-3-5-12/h1-7,10,14H,8-9,11H2,(H2,18,22)(H,19,20). The molecule has 23 heavy (non-hydrogen) atoms. The zero-order valence-electron chi connectivity index (χ0n) is 12.6. The Morgan fingerprint density at radius 1 is 1.26 bits per heavy atom. The van der Waals surface area contributed by atoms with Crippen LogP contribution in [0.15, 0.2) is 48.7 Å². The summed E-state index contributed by atoms with van der Waals surface area (Å²) in [5, 5.41) is 3.12. The minimum Gasteiger partial charge on any atom is -0.366 e. The summed E-state index contributed by atoms with van der Waals surface area (Å²) in [7, 11) is 0. The molecule has 0 saturated carbocycles. The Hall–Kier alpha value is -2.89. The molecule has 6 heteroatoms. The molecular formula is C17H18N4O2. The molecule has 1 aliphatic heterocycles. The van der Waals surface area contributed by atoms with E-state index in [9.17, 15) is 9.59 Å². The van der Waals surface area contributed by atoms with Gasteiger partial charge in [-0.1, -0.05) is 30.3 Å². The lowest BCUT2D eigenvalue weighted by molar-refractivity contribution is -0.128. The maximum Gasteiger partial charge on any atom is 0.250 e. The van der Waals surface area contributed by atoms with E-state index in [1.54, 1.807) is 12.1 Å². The van der Waals surface area contributed by atoms with Gasteiger partial charge in [-0.15, -0.1) is 0 Å². The van der Waals surface area contributed by atoms with Gasteiger partial charge >= 0.3 is 0 Å². The van der Waals surface area contributed by atoms with Gasteiger partial charge in [-0.2, -0.15) is 0 Å². The third-order valence-corrected chi connectivity index (χ3v) is 3.88. The minimum absolute atomic E-state index is 0.0645. The predicted octanol–water partition coefficient (Wildman–Crippen LogP) is 1.39. The van der Waals surface area contributed by atoms with Gasteiger partial charge in [-0.3, -0.25) is 9.59 Å². The minimum atomic E-state index is -0.518. The van der Waals surface area contributed by atoms with Crippen molar-refractivity contribution in [3.05, 3.63) is 59.8 Å². The van der Waals surface area contributed by atoms with Crippen LogP contribution in [0.25, 0.3) is 0 Å². The number of hydrogen-bond donors (Lipinski definition) is 2. The van der Waals surface area contributed by atoms with Crippen LogP contribution in [-0.2, 0) is 11.3 Å². The normalized spacial score (nSPS) is 17.3. The molecule has 0 aliphatic carbocycles. The molecule has 1 aliphatic rings. The smallest absolute Gasteiger partial charge is 0.250 e. The molecule has 3 rings (SSSR count). The summed E-state index contributed by atoms with van der Waals surface area (Å²) in [6, 6.07) is 12.9. The number of nitrogens with one attached hydrogen (secondary N) is 1. The van der Waals surface area contributed by atoms with E-state index in [1.807, 2.05) is 35.2 Å². The molecule has 118 valence electrons. The summed E-state index contributed by atoms with van der Waals surface area (Å²) in [5.41, 5.74) is 6.64. The first kappa shape index (κ1) is 15.0. The van der Waals surface area contributed by atoms with Crippen molar-refractivity contribution in [2.45, 2.75) is 19.0 Å². The highest BCUT2D eigenvalue weighted by atomic mass is 16.2. The fourth-order valence-electron chi connectivity index (χ4n) is 2.64. The van der Waals surface area contributed by atoms with E-state index in [-0.39, 0.29) is 11.9 Å². The van der Waals surface area contributed by atoms with E-state index >= 15 is 0 Å². The lowest BCUT2D eigenvalue weighted by Crippen LogP contribution is -2.33. The number of nitrogens with two attached hydrogens (primary N) is 1. The summed E-state index contributed by atoms with van der Waals surface area (Å²) in [5.74, 6) is 0.111. The lowest BCUT2D eigenvalue weighted by Gasteiger charge is -2.17. The second kappa shape index (κ2) is 6.48. The molecule has 1 atom stereocenters. The number of anilines is 1. The molecule has 3 N–H and O–H groups in total. The van der Waals surface area contributed by atoms with Crippen LogP contribution in [0.5, 0.6) is 0 Å². The van der Waals surface area contributed by atoms with E-state index in [0.717, 1.165) is 12.0 Å². The van der Waals surface area contributed by atoms with Crippen LogP contribution in [-0.4, -0.2) is 34.3 Å². The molecule has 0 spiro atoms. The second-order valence-corrected chi connectivity index (χ2v) is 5.53. The molecule has 1 fully saturated rings. The van der Waals surface area contributed by atoms with Gasteiger partial charge in [0.1, 0.15) is 11.9 Å². The first-order chi connectivity index (χ1) is 11.1. The number of likely N-dealkylation sites (tertiary alicyclic amines) is 1. The van der Waals surface area contributed by atoms with Gasteiger partial charge in [-0.25, -0.2) is 4.98 Å². The lowest BCUT2D eigenvalue weighted by atomic mass is 10.2. The number of carbonyl (C=O) groups excluding carboxylic acids is 2. The van der Waals surface area contributed by atoms with Crippen LogP contribution >= 0.6 is 0 Å². The van der Waals surface area contributed by atoms with E-state index in [0.29, 0.717) is 24.5 Å². The maximum atomic E-state index is 12.5. The average Bonchev–Trinajstić information content (AvgIpc) is 2.90. The Kier molecular flexibility index (Phi) is 4.23. The van der Waals surface area contributed by atoms with Gasteiger partial charge in [0.2, 0.25) is 11.8 Å². The number of aromatic nitrogens is 1. The van der Waals surface area contributed by atoms with Crippen molar-refractivity contribution in [3.8, 4) is 0 Å². The second-order valence-electron chi connectivity index (χ2n) is 5.53. The Morgan fingerprint density at radius 3 is 2.70 bits per heavy atom. The maximum absolute atomic E-state index is 12.5. The molecule has 2 aromatic rings. The molecule has 1 saturated heterocycles. The largest absolute Gasteiger partial charge is 0.366 e. The molecular weight excluding hydrogens is 292 g/mol. The highest BCUT2D eigenvalue weighted by Crippen LogP contribution is 2.18. The number of hydrogen-bond acceptors (Lipinski definition) is 4. The van der Waals surface area contributed by atoms with Crippen molar-refractivity contribution in [2.24, 2.45) is 5.73 Å². The predicted molar refractivity (Wildman–Crippen MR) is 86.6 cm³/mol. The third-order valence-electron chi connectivity index (χ3n) is 3.88. The highest BCUT2D eigenvalue weighted by molar-refractivity contribution is 5.92. The number of nitrogens with zero attached hydrogens (tertiary/aromatic N) is 2. The van der Waals surface area contributed by atoms with Crippen LogP contribution in [0.2, 0.25) is 0 Å². The Bertz CT molecular complexity index is 700. The Morgan fingerprint density at radius 2 is 2.04 bits per heavy atom. The topological polar surface area (TPSA) is 88.3 Å². The van der Waals surface area contributed by atoms with Gasteiger partial charge in [0.05, 0.1) is 5.56 Å². The molecule has 6 nitrogen and oxygen atoms in total. The number of carbonyl (C=O) groups is 2. The van der Waals surface area contributed by atoms with Crippen molar-refractivity contribution < 1.29 is 9.59 Å². The van der Waals surface area contributed by atoms with Gasteiger partial charge in [0, 0.05) is 19.3 Å². The molecule has 0 radical (unpaired) electrons. The van der Waals surface area contributed by atoms with Crippen molar-refractivity contribution in [1.29, 1.82) is 0 Å². The summed E-state index contributed by atoms with van der Waals surface area (Å²) >= 11 is 0. The van der Waals surface area contributed by atoms with Crippen LogP contribution in [0.3, 0.4) is 0 Å². The van der Waals surface area contributed by atoms with Crippen LogP contribution in [0.1, 0.15) is 22.3 Å². The van der Waals surface area contributed by atoms with Gasteiger partial charge in [0.25, 0.3) is 0 Å². The SMILES string of the molecule is NC(=O)c1ccc(NC2CCN(Cc3ccccc3)C2=O)nc1. The van der Waals surface area contributed by atoms with Crippen molar-refractivity contribution >= 4 is 17.6 Å². The Balaban J connectivity index is 1.61. The fourth-order valence-corrected chi connectivity index (χ4v) is 2.64. The summed E-state index contributed by atoms with van der Waals surface area (Å²) in [4.78, 5) is 29.4.